The van der Waals surface area contributed by atoms with E-state index in [1.54, 1.807) is 0 Å². The SMILES string of the molecule is O=COCc1ncsc1-c1ccccc1C(F)(F)F. The van der Waals surface area contributed by atoms with E-state index in [1.165, 1.54) is 23.7 Å². The number of benzene rings is 1. The molecule has 2 rings (SSSR count). The third kappa shape index (κ3) is 2.93. The monoisotopic (exact) mass is 287 g/mol. The average Bonchev–Trinajstić information content (AvgIpc) is 2.83. The number of hydrogen-bond donors (Lipinski definition) is 0. The van der Waals surface area contributed by atoms with E-state index in [1.807, 2.05) is 0 Å². The standard InChI is InChI=1S/C12H8F3NO2S/c13-12(14,15)9-4-2-1-3-8(9)11-10(5-18-7-17)16-6-19-11/h1-4,6-7H,5H2. The fraction of sp³-hybridized carbons (Fsp3) is 0.167. The second-order valence-electron chi connectivity index (χ2n) is 3.58. The Bertz CT molecular complexity index is 580. The summed E-state index contributed by atoms with van der Waals surface area (Å²) in [5, 5.41) is 0. The Morgan fingerprint density at radius 3 is 2.74 bits per heavy atom. The predicted octanol–water partition coefficient (Wildman–Crippen LogP) is 3.50. The molecule has 0 fully saturated rings. The maximum atomic E-state index is 12.9. The number of hydrogen-bond acceptors (Lipinski definition) is 4. The maximum Gasteiger partial charge on any atom is 0.417 e. The van der Waals surface area contributed by atoms with Crippen LogP contribution in [0.3, 0.4) is 0 Å². The van der Waals surface area contributed by atoms with Crippen molar-refractivity contribution < 1.29 is 22.7 Å². The molecule has 0 atom stereocenters. The Morgan fingerprint density at radius 1 is 1.32 bits per heavy atom. The minimum Gasteiger partial charge on any atom is -0.461 e. The van der Waals surface area contributed by atoms with Gasteiger partial charge < -0.3 is 4.74 Å². The van der Waals surface area contributed by atoms with E-state index in [2.05, 4.69) is 9.72 Å². The first-order chi connectivity index (χ1) is 9.04. The second kappa shape index (κ2) is 5.40. The largest absolute Gasteiger partial charge is 0.461 e. The van der Waals surface area contributed by atoms with Gasteiger partial charge in [0.2, 0.25) is 0 Å². The van der Waals surface area contributed by atoms with E-state index >= 15 is 0 Å². The van der Waals surface area contributed by atoms with Crippen molar-refractivity contribution in [3.63, 3.8) is 0 Å². The van der Waals surface area contributed by atoms with Crippen LogP contribution in [-0.2, 0) is 22.3 Å². The average molecular weight is 287 g/mol. The van der Waals surface area contributed by atoms with Gasteiger partial charge in [0, 0.05) is 5.56 Å². The summed E-state index contributed by atoms with van der Waals surface area (Å²) in [4.78, 5) is 14.4. The third-order valence-electron chi connectivity index (χ3n) is 2.41. The lowest BCUT2D eigenvalue weighted by atomic mass is 10.0. The summed E-state index contributed by atoms with van der Waals surface area (Å²) in [5.74, 6) is 0. The molecule has 2 aromatic rings. The van der Waals surface area contributed by atoms with Crippen molar-refractivity contribution in [1.82, 2.24) is 4.98 Å². The number of carbonyl (C=O) groups excluding carboxylic acids is 1. The molecule has 100 valence electrons. The Hall–Kier alpha value is -1.89. The number of nitrogens with zero attached hydrogens (tertiary/aromatic N) is 1. The van der Waals surface area contributed by atoms with E-state index in [0.717, 1.165) is 17.4 Å². The number of carbonyl (C=O) groups is 1. The molecule has 7 heteroatoms. The molecule has 0 unspecified atom stereocenters. The molecule has 1 heterocycles. The molecule has 0 bridgehead atoms. The van der Waals surface area contributed by atoms with Gasteiger partial charge in [-0.1, -0.05) is 18.2 Å². The maximum absolute atomic E-state index is 12.9. The van der Waals surface area contributed by atoms with Crippen LogP contribution in [-0.4, -0.2) is 11.5 Å². The van der Waals surface area contributed by atoms with Crippen LogP contribution in [0.1, 0.15) is 11.3 Å². The lowest BCUT2D eigenvalue weighted by molar-refractivity contribution is -0.137. The molecule has 0 N–H and O–H groups in total. The molecule has 0 aliphatic rings. The lowest BCUT2D eigenvalue weighted by Crippen LogP contribution is -2.07. The van der Waals surface area contributed by atoms with E-state index in [0.29, 0.717) is 10.6 Å². The number of aromatic nitrogens is 1. The van der Waals surface area contributed by atoms with Crippen molar-refractivity contribution in [3.05, 3.63) is 41.0 Å². The van der Waals surface area contributed by atoms with Crippen molar-refractivity contribution >= 4 is 17.8 Å². The number of thiazole rings is 1. The highest BCUT2D eigenvalue weighted by Crippen LogP contribution is 2.39. The highest BCUT2D eigenvalue weighted by molar-refractivity contribution is 7.13. The molecule has 0 spiro atoms. The van der Waals surface area contributed by atoms with Crippen LogP contribution in [0, 0.1) is 0 Å². The predicted molar refractivity (Wildman–Crippen MR) is 63.4 cm³/mol. The summed E-state index contributed by atoms with van der Waals surface area (Å²) in [7, 11) is 0. The molecule has 0 amide bonds. The van der Waals surface area contributed by atoms with Gasteiger partial charge in [-0.05, 0) is 6.07 Å². The molecular formula is C12H8F3NO2S. The van der Waals surface area contributed by atoms with Gasteiger partial charge in [0.1, 0.15) is 6.61 Å². The Morgan fingerprint density at radius 2 is 2.05 bits per heavy atom. The van der Waals surface area contributed by atoms with Gasteiger partial charge in [0.15, 0.2) is 0 Å². The zero-order chi connectivity index (χ0) is 13.9. The van der Waals surface area contributed by atoms with Crippen molar-refractivity contribution in [2.75, 3.05) is 0 Å². The van der Waals surface area contributed by atoms with Crippen LogP contribution in [0.15, 0.2) is 29.8 Å². The molecule has 0 radical (unpaired) electrons. The smallest absolute Gasteiger partial charge is 0.417 e. The number of alkyl halides is 3. The van der Waals surface area contributed by atoms with Crippen molar-refractivity contribution in [3.8, 4) is 10.4 Å². The van der Waals surface area contributed by atoms with Crippen molar-refractivity contribution in [2.24, 2.45) is 0 Å². The molecule has 0 aliphatic heterocycles. The van der Waals surface area contributed by atoms with Gasteiger partial charge in [-0.15, -0.1) is 11.3 Å². The van der Waals surface area contributed by atoms with E-state index < -0.39 is 11.7 Å². The number of rotatable bonds is 4. The Labute approximate surface area is 110 Å². The van der Waals surface area contributed by atoms with Crippen molar-refractivity contribution in [1.29, 1.82) is 0 Å². The van der Waals surface area contributed by atoms with Crippen LogP contribution < -0.4 is 0 Å². The molecule has 1 aromatic heterocycles. The number of halogens is 3. The van der Waals surface area contributed by atoms with Gasteiger partial charge in [0.05, 0.1) is 21.6 Å². The highest BCUT2D eigenvalue weighted by Gasteiger charge is 2.34. The first kappa shape index (κ1) is 13.5. The first-order valence-corrected chi connectivity index (χ1v) is 6.06. The van der Waals surface area contributed by atoms with Gasteiger partial charge in [0.25, 0.3) is 6.47 Å². The summed E-state index contributed by atoms with van der Waals surface area (Å²) in [5.41, 5.74) is 1.05. The molecule has 0 saturated heterocycles. The van der Waals surface area contributed by atoms with E-state index in [-0.39, 0.29) is 18.6 Å². The highest BCUT2D eigenvalue weighted by atomic mass is 32.1. The normalized spacial score (nSPS) is 11.3. The minimum atomic E-state index is -4.44. The quantitative estimate of drug-likeness (QED) is 0.808. The molecule has 3 nitrogen and oxygen atoms in total. The van der Waals surface area contributed by atoms with E-state index in [4.69, 9.17) is 0 Å². The van der Waals surface area contributed by atoms with Gasteiger partial charge in [-0.2, -0.15) is 13.2 Å². The fourth-order valence-corrected chi connectivity index (χ4v) is 2.47. The molecule has 1 aromatic carbocycles. The lowest BCUT2D eigenvalue weighted by Gasteiger charge is -2.12. The minimum absolute atomic E-state index is 0.0435. The van der Waals surface area contributed by atoms with Gasteiger partial charge in [-0.25, -0.2) is 4.98 Å². The van der Waals surface area contributed by atoms with Crippen LogP contribution in [0.4, 0.5) is 13.2 Å². The van der Waals surface area contributed by atoms with Crippen molar-refractivity contribution in [2.45, 2.75) is 12.8 Å². The van der Waals surface area contributed by atoms with Gasteiger partial charge >= 0.3 is 6.18 Å². The molecule has 0 aliphatic carbocycles. The molecular weight excluding hydrogens is 279 g/mol. The van der Waals surface area contributed by atoms with Crippen LogP contribution in [0.25, 0.3) is 10.4 Å². The summed E-state index contributed by atoms with van der Waals surface area (Å²) in [6, 6.07) is 5.24. The topological polar surface area (TPSA) is 39.2 Å². The second-order valence-corrected chi connectivity index (χ2v) is 4.43. The van der Waals surface area contributed by atoms with Crippen LogP contribution >= 0.6 is 11.3 Å². The summed E-state index contributed by atoms with van der Waals surface area (Å²) in [6.07, 6.45) is -4.44. The summed E-state index contributed by atoms with van der Waals surface area (Å²) in [6.45, 7) is 0.0906. The van der Waals surface area contributed by atoms with Gasteiger partial charge in [-0.3, -0.25) is 4.79 Å². The molecule has 19 heavy (non-hydrogen) atoms. The third-order valence-corrected chi connectivity index (χ3v) is 3.31. The molecule has 0 saturated carbocycles. The zero-order valence-corrected chi connectivity index (χ0v) is 10.3. The Balaban J connectivity index is 2.48. The van der Waals surface area contributed by atoms with Crippen LogP contribution in [0.2, 0.25) is 0 Å². The van der Waals surface area contributed by atoms with Crippen LogP contribution in [0.5, 0.6) is 0 Å². The zero-order valence-electron chi connectivity index (χ0n) is 9.48. The fourth-order valence-electron chi connectivity index (χ4n) is 1.63. The Kier molecular flexibility index (Phi) is 3.84. The first-order valence-electron chi connectivity index (χ1n) is 5.18. The van der Waals surface area contributed by atoms with E-state index in [9.17, 15) is 18.0 Å². The summed E-state index contributed by atoms with van der Waals surface area (Å²) < 4.78 is 43.3. The number of ether oxygens (including phenoxy) is 1. The summed E-state index contributed by atoms with van der Waals surface area (Å²) >= 11 is 1.08.